The monoisotopic (exact) mass is 330 g/mol. The number of aryl methyl sites for hydroxylation is 1. The van der Waals surface area contributed by atoms with Gasteiger partial charge in [-0.2, -0.15) is 0 Å². The van der Waals surface area contributed by atoms with Crippen LogP contribution in [0.15, 0.2) is 28.6 Å². The van der Waals surface area contributed by atoms with Crippen LogP contribution < -0.4 is 4.72 Å². The number of sulfonamides is 1. The molecule has 0 aliphatic carbocycles. The maximum atomic E-state index is 13.6. The Hall–Kier alpha value is -1.84. The molecule has 2 aromatic rings. The molecule has 6 nitrogen and oxygen atoms in total. The topological polar surface area (TPSA) is 96.4 Å². The molecule has 1 heterocycles. The van der Waals surface area contributed by atoms with Crippen molar-refractivity contribution < 1.29 is 22.7 Å². The van der Waals surface area contributed by atoms with Gasteiger partial charge in [-0.15, -0.1) is 11.3 Å². The summed E-state index contributed by atoms with van der Waals surface area (Å²) in [5.41, 5.74) is -0.728. The molecule has 1 aromatic carbocycles. The van der Waals surface area contributed by atoms with E-state index in [2.05, 4.69) is 9.71 Å². The lowest BCUT2D eigenvalue weighted by Crippen LogP contribution is -2.24. The Balaban J connectivity index is 2.33. The molecule has 21 heavy (non-hydrogen) atoms. The van der Waals surface area contributed by atoms with Gasteiger partial charge in [-0.3, -0.25) is 0 Å². The van der Waals surface area contributed by atoms with E-state index in [-0.39, 0.29) is 17.0 Å². The second kappa shape index (κ2) is 5.88. The molecule has 0 atom stereocenters. The highest BCUT2D eigenvalue weighted by Crippen LogP contribution is 2.19. The molecule has 0 unspecified atom stereocenters. The summed E-state index contributed by atoms with van der Waals surface area (Å²) in [4.78, 5) is 14.6. The van der Waals surface area contributed by atoms with Gasteiger partial charge in [0.25, 0.3) is 0 Å². The molecular formula is C12H11FN2O4S2. The van der Waals surface area contributed by atoms with E-state index >= 15 is 0 Å². The zero-order valence-corrected chi connectivity index (χ0v) is 12.5. The molecular weight excluding hydrogens is 319 g/mol. The molecule has 0 aliphatic heterocycles. The van der Waals surface area contributed by atoms with Crippen LogP contribution in [0.5, 0.6) is 0 Å². The van der Waals surface area contributed by atoms with Crippen molar-refractivity contribution in [2.45, 2.75) is 18.4 Å². The van der Waals surface area contributed by atoms with E-state index in [4.69, 9.17) is 5.11 Å². The molecule has 0 fully saturated rings. The fourth-order valence-corrected chi connectivity index (χ4v) is 3.37. The van der Waals surface area contributed by atoms with Crippen LogP contribution in [0.1, 0.15) is 20.9 Å². The summed E-state index contributed by atoms with van der Waals surface area (Å²) < 4.78 is 40.2. The lowest BCUT2D eigenvalue weighted by atomic mass is 10.1. The minimum atomic E-state index is -3.94. The SMILES string of the molecule is Cc1cc(S(=O)(=O)NCc2nccs2)cc(C(=O)O)c1F. The summed E-state index contributed by atoms with van der Waals surface area (Å²) >= 11 is 1.28. The molecule has 0 saturated carbocycles. The molecule has 9 heteroatoms. The Labute approximate surface area is 124 Å². The van der Waals surface area contributed by atoms with Crippen molar-refractivity contribution in [1.82, 2.24) is 9.71 Å². The zero-order chi connectivity index (χ0) is 15.6. The van der Waals surface area contributed by atoms with Crippen molar-refractivity contribution in [1.29, 1.82) is 0 Å². The van der Waals surface area contributed by atoms with E-state index in [1.54, 1.807) is 11.6 Å². The summed E-state index contributed by atoms with van der Waals surface area (Å²) in [7, 11) is -3.94. The van der Waals surface area contributed by atoms with Crippen molar-refractivity contribution in [3.63, 3.8) is 0 Å². The predicted octanol–water partition coefficient (Wildman–Crippen LogP) is 1.77. The molecule has 2 rings (SSSR count). The number of benzene rings is 1. The third-order valence-corrected chi connectivity index (χ3v) is 4.83. The summed E-state index contributed by atoms with van der Waals surface area (Å²) in [6.07, 6.45) is 1.54. The van der Waals surface area contributed by atoms with Crippen LogP contribution in [0.4, 0.5) is 4.39 Å². The fraction of sp³-hybridized carbons (Fsp3) is 0.167. The zero-order valence-electron chi connectivity index (χ0n) is 10.8. The van der Waals surface area contributed by atoms with Gasteiger partial charge in [-0.05, 0) is 24.6 Å². The summed E-state index contributed by atoms with van der Waals surface area (Å²) in [6.45, 7) is 1.29. The molecule has 1 aromatic heterocycles. The smallest absolute Gasteiger partial charge is 0.338 e. The summed E-state index contributed by atoms with van der Waals surface area (Å²) in [5, 5.41) is 11.2. The van der Waals surface area contributed by atoms with Crippen LogP contribution in [-0.2, 0) is 16.6 Å². The van der Waals surface area contributed by atoms with Crippen LogP contribution in [0, 0.1) is 12.7 Å². The number of hydrogen-bond donors (Lipinski definition) is 2. The van der Waals surface area contributed by atoms with Crippen molar-refractivity contribution in [2.75, 3.05) is 0 Å². The van der Waals surface area contributed by atoms with Crippen LogP contribution in [0.25, 0.3) is 0 Å². The standard InChI is InChI=1S/C12H11FN2O4S2/c1-7-4-8(5-9(11(7)13)12(16)17)21(18,19)15-6-10-14-2-3-20-10/h2-5,15H,6H2,1H3,(H,16,17). The van der Waals surface area contributed by atoms with Crippen molar-refractivity contribution in [3.05, 3.63) is 45.7 Å². The average molecular weight is 330 g/mol. The normalized spacial score (nSPS) is 11.5. The molecule has 112 valence electrons. The molecule has 0 aliphatic rings. The second-order valence-corrected chi connectivity index (χ2v) is 6.90. The van der Waals surface area contributed by atoms with E-state index in [0.29, 0.717) is 5.01 Å². The Morgan fingerprint density at radius 1 is 1.48 bits per heavy atom. The highest BCUT2D eigenvalue weighted by atomic mass is 32.2. The molecule has 2 N–H and O–H groups in total. The molecule has 0 amide bonds. The van der Waals surface area contributed by atoms with E-state index < -0.39 is 27.4 Å². The Kier molecular flexibility index (Phi) is 4.35. The molecule has 0 saturated heterocycles. The number of carboxylic acids is 1. The Bertz CT molecular complexity index is 773. The number of carbonyl (C=O) groups is 1. The van der Waals surface area contributed by atoms with Gasteiger partial charge in [-0.1, -0.05) is 0 Å². The fourth-order valence-electron chi connectivity index (χ4n) is 1.63. The number of thiazole rings is 1. The van der Waals surface area contributed by atoms with E-state index in [1.807, 2.05) is 0 Å². The summed E-state index contributed by atoms with van der Waals surface area (Å²) in [5.74, 6) is -2.46. The van der Waals surface area contributed by atoms with Gasteiger partial charge in [-0.25, -0.2) is 27.3 Å². The van der Waals surface area contributed by atoms with Crippen molar-refractivity contribution in [2.24, 2.45) is 0 Å². The third-order valence-electron chi connectivity index (χ3n) is 2.67. The van der Waals surface area contributed by atoms with Gasteiger partial charge in [0.05, 0.1) is 17.0 Å². The average Bonchev–Trinajstić information content (AvgIpc) is 2.92. The predicted molar refractivity (Wildman–Crippen MR) is 74.2 cm³/mol. The number of aromatic nitrogens is 1. The number of nitrogens with one attached hydrogen (secondary N) is 1. The van der Waals surface area contributed by atoms with E-state index in [0.717, 1.165) is 12.1 Å². The number of halogens is 1. The van der Waals surface area contributed by atoms with Gasteiger partial charge in [0, 0.05) is 11.6 Å². The first-order valence-corrected chi connectivity index (χ1v) is 8.09. The Morgan fingerprint density at radius 2 is 2.19 bits per heavy atom. The van der Waals surface area contributed by atoms with Gasteiger partial charge >= 0.3 is 5.97 Å². The first kappa shape index (κ1) is 15.5. The number of nitrogens with zero attached hydrogens (tertiary/aromatic N) is 1. The lowest BCUT2D eigenvalue weighted by Gasteiger charge is -2.09. The number of hydrogen-bond acceptors (Lipinski definition) is 5. The molecule has 0 bridgehead atoms. The van der Waals surface area contributed by atoms with Crippen LogP contribution >= 0.6 is 11.3 Å². The van der Waals surface area contributed by atoms with Gasteiger partial charge in [0.15, 0.2) is 0 Å². The highest BCUT2D eigenvalue weighted by molar-refractivity contribution is 7.89. The van der Waals surface area contributed by atoms with Crippen molar-refractivity contribution in [3.8, 4) is 0 Å². The minimum absolute atomic E-state index is 0.0151. The lowest BCUT2D eigenvalue weighted by molar-refractivity contribution is 0.0691. The third kappa shape index (κ3) is 3.43. The maximum Gasteiger partial charge on any atom is 0.338 e. The van der Waals surface area contributed by atoms with Crippen LogP contribution in [0.3, 0.4) is 0 Å². The minimum Gasteiger partial charge on any atom is -0.478 e. The van der Waals surface area contributed by atoms with Gasteiger partial charge < -0.3 is 5.11 Å². The van der Waals surface area contributed by atoms with Crippen LogP contribution in [0.2, 0.25) is 0 Å². The first-order chi connectivity index (χ1) is 9.81. The molecule has 0 spiro atoms. The number of aromatic carboxylic acids is 1. The van der Waals surface area contributed by atoms with Gasteiger partial charge in [0.1, 0.15) is 10.8 Å². The Morgan fingerprint density at radius 3 is 2.76 bits per heavy atom. The molecule has 0 radical (unpaired) electrons. The number of carboxylic acid groups (broad SMARTS) is 1. The maximum absolute atomic E-state index is 13.6. The largest absolute Gasteiger partial charge is 0.478 e. The van der Waals surface area contributed by atoms with E-state index in [1.165, 1.54) is 18.3 Å². The second-order valence-electron chi connectivity index (χ2n) is 4.16. The van der Waals surface area contributed by atoms with E-state index in [9.17, 15) is 17.6 Å². The van der Waals surface area contributed by atoms with Gasteiger partial charge in [0.2, 0.25) is 10.0 Å². The quantitative estimate of drug-likeness (QED) is 0.871. The number of rotatable bonds is 5. The summed E-state index contributed by atoms with van der Waals surface area (Å²) in [6, 6.07) is 1.89. The first-order valence-electron chi connectivity index (χ1n) is 5.73. The highest BCUT2D eigenvalue weighted by Gasteiger charge is 2.21. The van der Waals surface area contributed by atoms with Crippen molar-refractivity contribution >= 4 is 27.3 Å². The van der Waals surface area contributed by atoms with Crippen LogP contribution in [-0.4, -0.2) is 24.5 Å².